The molecule has 1 aliphatic heterocycles. The number of hydrogen-bond acceptors (Lipinski definition) is 3. The molecule has 1 heterocycles. The van der Waals surface area contributed by atoms with Crippen molar-refractivity contribution in [2.24, 2.45) is 5.73 Å². The van der Waals surface area contributed by atoms with Crippen LogP contribution in [-0.4, -0.2) is 42.6 Å². The molecule has 2 rings (SSSR count). The van der Waals surface area contributed by atoms with Gasteiger partial charge >= 0.3 is 0 Å². The van der Waals surface area contributed by atoms with Crippen LogP contribution in [0.2, 0.25) is 0 Å². The highest BCUT2D eigenvalue weighted by Gasteiger charge is 2.16. The number of hydrogen-bond donors (Lipinski definition) is 1. The molecule has 3 nitrogen and oxygen atoms in total. The first-order chi connectivity index (χ1) is 8.75. The third-order valence-electron chi connectivity index (χ3n) is 3.39. The van der Waals surface area contributed by atoms with E-state index in [4.69, 9.17) is 18.0 Å². The minimum atomic E-state index is 0.637. The Balaban J connectivity index is 1.73. The van der Waals surface area contributed by atoms with Gasteiger partial charge in [-0.2, -0.15) is 0 Å². The lowest BCUT2D eigenvalue weighted by Gasteiger charge is -2.36. The Morgan fingerprint density at radius 1 is 1.11 bits per heavy atom. The number of piperazine rings is 1. The summed E-state index contributed by atoms with van der Waals surface area (Å²) >= 11 is 4.90. The van der Waals surface area contributed by atoms with Gasteiger partial charge in [0.15, 0.2) is 0 Å². The zero-order chi connectivity index (χ0) is 12.8. The monoisotopic (exact) mass is 263 g/mol. The van der Waals surface area contributed by atoms with Crippen LogP contribution in [0.15, 0.2) is 30.3 Å². The fourth-order valence-electron chi connectivity index (χ4n) is 2.35. The molecule has 98 valence electrons. The topological polar surface area (TPSA) is 32.5 Å². The normalized spacial score (nSPS) is 16.8. The van der Waals surface area contributed by atoms with Gasteiger partial charge < -0.3 is 10.6 Å². The summed E-state index contributed by atoms with van der Waals surface area (Å²) in [4.78, 5) is 5.58. The number of nitrogens with zero attached hydrogens (tertiary/aromatic N) is 2. The molecule has 0 spiro atoms. The van der Waals surface area contributed by atoms with E-state index in [0.717, 1.165) is 45.6 Å². The lowest BCUT2D eigenvalue weighted by molar-refractivity contribution is 0.256. The number of benzene rings is 1. The summed E-state index contributed by atoms with van der Waals surface area (Å²) in [6.45, 7) is 5.59. The van der Waals surface area contributed by atoms with Crippen molar-refractivity contribution in [1.29, 1.82) is 0 Å². The van der Waals surface area contributed by atoms with Gasteiger partial charge in [0.25, 0.3) is 0 Å². The minimum absolute atomic E-state index is 0.637. The number of thiocarbonyl (C=S) groups is 1. The van der Waals surface area contributed by atoms with Gasteiger partial charge in [0, 0.05) is 31.9 Å². The first-order valence-corrected chi connectivity index (χ1v) is 6.97. The van der Waals surface area contributed by atoms with Crippen molar-refractivity contribution < 1.29 is 0 Å². The Morgan fingerprint density at radius 2 is 1.78 bits per heavy atom. The van der Waals surface area contributed by atoms with Crippen LogP contribution >= 0.6 is 12.2 Å². The first kappa shape index (κ1) is 13.3. The predicted molar refractivity (Wildman–Crippen MR) is 81.1 cm³/mol. The van der Waals surface area contributed by atoms with E-state index >= 15 is 0 Å². The highest BCUT2D eigenvalue weighted by molar-refractivity contribution is 7.80. The first-order valence-electron chi connectivity index (χ1n) is 6.56. The van der Waals surface area contributed by atoms with Crippen molar-refractivity contribution in [2.75, 3.05) is 37.6 Å². The maximum Gasteiger partial charge on any atom is 0.0727 e. The molecule has 0 amide bonds. The summed E-state index contributed by atoms with van der Waals surface area (Å²) in [6, 6.07) is 10.6. The van der Waals surface area contributed by atoms with Crippen molar-refractivity contribution in [3.8, 4) is 0 Å². The number of para-hydroxylation sites is 1. The highest BCUT2D eigenvalue weighted by atomic mass is 32.1. The second kappa shape index (κ2) is 6.71. The SMILES string of the molecule is NC(=S)CCCN1CCN(c2ccccc2)CC1. The molecule has 1 aromatic rings. The van der Waals surface area contributed by atoms with Gasteiger partial charge in [-0.15, -0.1) is 0 Å². The largest absolute Gasteiger partial charge is 0.393 e. The van der Waals surface area contributed by atoms with Crippen LogP contribution in [-0.2, 0) is 0 Å². The van der Waals surface area contributed by atoms with Crippen LogP contribution in [0.1, 0.15) is 12.8 Å². The van der Waals surface area contributed by atoms with E-state index in [1.165, 1.54) is 5.69 Å². The lowest BCUT2D eigenvalue weighted by atomic mass is 10.2. The summed E-state index contributed by atoms with van der Waals surface area (Å²) in [5, 5.41) is 0. The van der Waals surface area contributed by atoms with Gasteiger partial charge in [-0.3, -0.25) is 4.90 Å². The Bertz CT molecular complexity index is 372. The van der Waals surface area contributed by atoms with Gasteiger partial charge in [0.2, 0.25) is 0 Å². The zero-order valence-corrected chi connectivity index (χ0v) is 11.5. The molecule has 0 atom stereocenters. The maximum absolute atomic E-state index is 5.51. The fourth-order valence-corrected chi connectivity index (χ4v) is 2.49. The smallest absolute Gasteiger partial charge is 0.0727 e. The molecule has 2 N–H and O–H groups in total. The van der Waals surface area contributed by atoms with Crippen LogP contribution in [0.4, 0.5) is 5.69 Å². The summed E-state index contributed by atoms with van der Waals surface area (Å²) in [7, 11) is 0. The molecule has 0 aliphatic carbocycles. The molecular weight excluding hydrogens is 242 g/mol. The third kappa shape index (κ3) is 3.96. The van der Waals surface area contributed by atoms with E-state index in [0.29, 0.717) is 4.99 Å². The Morgan fingerprint density at radius 3 is 2.39 bits per heavy atom. The summed E-state index contributed by atoms with van der Waals surface area (Å²) in [6.07, 6.45) is 1.95. The van der Waals surface area contributed by atoms with Crippen LogP contribution in [0, 0.1) is 0 Å². The van der Waals surface area contributed by atoms with E-state index in [1.54, 1.807) is 0 Å². The van der Waals surface area contributed by atoms with Crippen LogP contribution in [0.3, 0.4) is 0 Å². The quantitative estimate of drug-likeness (QED) is 0.822. The Labute approximate surface area is 115 Å². The van der Waals surface area contributed by atoms with E-state index in [9.17, 15) is 0 Å². The third-order valence-corrected chi connectivity index (χ3v) is 3.60. The standard InChI is InChI=1S/C14H21N3S/c15-14(18)7-4-8-16-9-11-17(12-10-16)13-5-2-1-3-6-13/h1-3,5-6H,4,7-12H2,(H2,15,18). The summed E-state index contributed by atoms with van der Waals surface area (Å²) < 4.78 is 0. The molecule has 4 heteroatoms. The van der Waals surface area contributed by atoms with Crippen molar-refractivity contribution in [2.45, 2.75) is 12.8 Å². The Kier molecular flexibility index (Phi) is 4.96. The minimum Gasteiger partial charge on any atom is -0.393 e. The highest BCUT2D eigenvalue weighted by Crippen LogP contribution is 2.15. The summed E-state index contributed by atoms with van der Waals surface area (Å²) in [5.41, 5.74) is 6.84. The van der Waals surface area contributed by atoms with Gasteiger partial charge in [-0.1, -0.05) is 30.4 Å². The molecule has 1 fully saturated rings. The van der Waals surface area contributed by atoms with Gasteiger partial charge in [-0.25, -0.2) is 0 Å². The molecule has 0 saturated carbocycles. The molecular formula is C14H21N3S. The van der Waals surface area contributed by atoms with E-state index in [-0.39, 0.29) is 0 Å². The molecule has 0 unspecified atom stereocenters. The van der Waals surface area contributed by atoms with Gasteiger partial charge in [0.1, 0.15) is 0 Å². The van der Waals surface area contributed by atoms with Crippen molar-refractivity contribution in [3.05, 3.63) is 30.3 Å². The second-order valence-electron chi connectivity index (χ2n) is 4.73. The van der Waals surface area contributed by atoms with Gasteiger partial charge in [-0.05, 0) is 31.5 Å². The number of nitrogens with two attached hydrogens (primary N) is 1. The second-order valence-corrected chi connectivity index (χ2v) is 5.26. The van der Waals surface area contributed by atoms with Crippen LogP contribution in [0.5, 0.6) is 0 Å². The van der Waals surface area contributed by atoms with Crippen molar-refractivity contribution in [1.82, 2.24) is 4.90 Å². The molecule has 0 bridgehead atoms. The molecule has 1 aliphatic rings. The van der Waals surface area contributed by atoms with E-state index in [1.807, 2.05) is 0 Å². The van der Waals surface area contributed by atoms with E-state index < -0.39 is 0 Å². The molecule has 1 aromatic carbocycles. The average molecular weight is 263 g/mol. The average Bonchev–Trinajstić information content (AvgIpc) is 2.40. The maximum atomic E-state index is 5.51. The summed E-state index contributed by atoms with van der Waals surface area (Å²) in [5.74, 6) is 0. The lowest BCUT2D eigenvalue weighted by Crippen LogP contribution is -2.46. The number of anilines is 1. The van der Waals surface area contributed by atoms with Crippen molar-refractivity contribution >= 4 is 22.9 Å². The molecule has 18 heavy (non-hydrogen) atoms. The van der Waals surface area contributed by atoms with Crippen LogP contribution in [0.25, 0.3) is 0 Å². The predicted octanol–water partition coefficient (Wildman–Crippen LogP) is 1.87. The number of rotatable bonds is 5. The molecule has 0 aromatic heterocycles. The van der Waals surface area contributed by atoms with Gasteiger partial charge in [0.05, 0.1) is 4.99 Å². The molecule has 0 radical (unpaired) electrons. The van der Waals surface area contributed by atoms with Crippen LogP contribution < -0.4 is 10.6 Å². The molecule has 1 saturated heterocycles. The van der Waals surface area contributed by atoms with Crippen molar-refractivity contribution in [3.63, 3.8) is 0 Å². The Hall–Kier alpha value is -1.13. The fraction of sp³-hybridized carbons (Fsp3) is 0.500. The van der Waals surface area contributed by atoms with E-state index in [2.05, 4.69) is 40.1 Å². The zero-order valence-electron chi connectivity index (χ0n) is 10.7.